The van der Waals surface area contributed by atoms with E-state index in [1.54, 1.807) is 26.0 Å². The lowest BCUT2D eigenvalue weighted by Gasteiger charge is -2.30. The number of hydrogen-bond acceptors (Lipinski definition) is 4. The van der Waals surface area contributed by atoms with Crippen molar-refractivity contribution in [3.05, 3.63) is 74.8 Å². The molecule has 2 amide bonds. The summed E-state index contributed by atoms with van der Waals surface area (Å²) in [6, 6.07) is 7.53. The monoisotopic (exact) mass is 528 g/mol. The van der Waals surface area contributed by atoms with E-state index < -0.39 is 23.7 Å². The van der Waals surface area contributed by atoms with Crippen molar-refractivity contribution in [1.29, 1.82) is 0 Å². The highest BCUT2D eigenvalue weighted by molar-refractivity contribution is 6.34. The minimum atomic E-state index is -4.78. The Kier molecular flexibility index (Phi) is 6.89. The molecule has 6 nitrogen and oxygen atoms in total. The van der Waals surface area contributed by atoms with E-state index in [0.717, 1.165) is 6.08 Å². The second kappa shape index (κ2) is 9.46. The van der Waals surface area contributed by atoms with Gasteiger partial charge in [-0.1, -0.05) is 35.3 Å². The third-order valence-electron chi connectivity index (χ3n) is 5.92. The van der Waals surface area contributed by atoms with Gasteiger partial charge in [0, 0.05) is 22.2 Å². The number of ether oxygens (including phenoxy) is 1. The number of aryl methyl sites for hydroxylation is 1. The maximum Gasteiger partial charge on any atom is 0.425 e. The number of halogens is 5. The van der Waals surface area contributed by atoms with E-state index in [-0.39, 0.29) is 34.7 Å². The van der Waals surface area contributed by atoms with Gasteiger partial charge >= 0.3 is 6.18 Å². The summed E-state index contributed by atoms with van der Waals surface area (Å²) in [5, 5.41) is 3.92. The molecule has 0 saturated carbocycles. The Morgan fingerprint density at radius 1 is 1.20 bits per heavy atom. The zero-order valence-electron chi connectivity index (χ0n) is 18.7. The standard InChI is InChI=1S/C24H21Cl2F3N2O4/c1-3-31-22(33)20(12-35-31)30-21(32)19-5-4-14(6-13(19)2)15-10-23(34-11-15,24(27,28)29)16-7-17(25)9-18(26)8-16/h4-10,20H,3,11-12H2,1-2H3,(H,30,32). The minimum absolute atomic E-state index is 0.0345. The van der Waals surface area contributed by atoms with Crippen LogP contribution in [0.4, 0.5) is 13.2 Å². The molecule has 1 saturated heterocycles. The lowest BCUT2D eigenvalue weighted by molar-refractivity contribution is -0.254. The fraction of sp³-hybridized carbons (Fsp3) is 0.333. The number of rotatable bonds is 5. The van der Waals surface area contributed by atoms with Gasteiger partial charge in [0.1, 0.15) is 12.6 Å². The van der Waals surface area contributed by atoms with Crippen LogP contribution in [0.1, 0.15) is 34.0 Å². The molecule has 1 N–H and O–H groups in total. The van der Waals surface area contributed by atoms with Crippen LogP contribution in [-0.2, 0) is 20.0 Å². The highest BCUT2D eigenvalue weighted by Crippen LogP contribution is 2.49. The number of amides is 2. The van der Waals surface area contributed by atoms with Gasteiger partial charge in [-0.3, -0.25) is 14.4 Å². The molecular weight excluding hydrogens is 508 g/mol. The van der Waals surface area contributed by atoms with Gasteiger partial charge in [0.2, 0.25) is 5.60 Å². The summed E-state index contributed by atoms with van der Waals surface area (Å²) in [5.41, 5.74) is -1.36. The molecule has 186 valence electrons. The first kappa shape index (κ1) is 25.5. The molecular formula is C24H21Cl2F3N2O4. The van der Waals surface area contributed by atoms with Gasteiger partial charge in [-0.15, -0.1) is 0 Å². The van der Waals surface area contributed by atoms with E-state index in [0.29, 0.717) is 28.8 Å². The molecule has 2 aromatic rings. The smallest absolute Gasteiger partial charge is 0.352 e. The van der Waals surface area contributed by atoms with E-state index >= 15 is 0 Å². The van der Waals surface area contributed by atoms with Gasteiger partial charge in [-0.25, -0.2) is 5.06 Å². The number of alkyl halides is 3. The highest BCUT2D eigenvalue weighted by Gasteiger charge is 2.58. The SMILES string of the molecule is CCN1OCC(NC(=O)c2ccc(C3=CC(c4cc(Cl)cc(Cl)c4)(C(F)(F)F)OC3)cc2C)C1=O. The van der Waals surface area contributed by atoms with Gasteiger partial charge in [0.25, 0.3) is 11.8 Å². The molecule has 0 aliphatic carbocycles. The van der Waals surface area contributed by atoms with Gasteiger partial charge in [-0.05, 0) is 66.5 Å². The van der Waals surface area contributed by atoms with Crippen molar-refractivity contribution < 1.29 is 32.3 Å². The third-order valence-corrected chi connectivity index (χ3v) is 6.36. The van der Waals surface area contributed by atoms with E-state index in [1.807, 2.05) is 0 Å². The van der Waals surface area contributed by atoms with Crippen LogP contribution >= 0.6 is 23.2 Å². The molecule has 2 aromatic carbocycles. The van der Waals surface area contributed by atoms with E-state index in [2.05, 4.69) is 5.32 Å². The quantitative estimate of drug-likeness (QED) is 0.588. The number of hydrogen-bond donors (Lipinski definition) is 1. The fourth-order valence-corrected chi connectivity index (χ4v) is 4.65. The molecule has 35 heavy (non-hydrogen) atoms. The molecule has 1 fully saturated rings. The number of carbonyl (C=O) groups is 2. The summed E-state index contributed by atoms with van der Waals surface area (Å²) in [7, 11) is 0. The minimum Gasteiger partial charge on any atom is -0.352 e. The zero-order chi connectivity index (χ0) is 25.5. The van der Waals surface area contributed by atoms with Gasteiger partial charge in [0.05, 0.1) is 6.61 Å². The second-order valence-corrected chi connectivity index (χ2v) is 9.11. The van der Waals surface area contributed by atoms with Crippen molar-refractivity contribution in [2.75, 3.05) is 19.8 Å². The molecule has 2 atom stereocenters. The first-order chi connectivity index (χ1) is 16.4. The van der Waals surface area contributed by atoms with Crippen LogP contribution in [0.3, 0.4) is 0 Å². The van der Waals surface area contributed by atoms with Crippen molar-refractivity contribution in [2.45, 2.75) is 31.7 Å². The summed E-state index contributed by atoms with van der Waals surface area (Å²) in [4.78, 5) is 30.1. The molecule has 2 aliphatic heterocycles. The molecule has 11 heteroatoms. The van der Waals surface area contributed by atoms with Crippen LogP contribution in [0.15, 0.2) is 42.5 Å². The number of hydroxylamine groups is 2. The Balaban J connectivity index is 1.61. The first-order valence-electron chi connectivity index (χ1n) is 10.7. The first-order valence-corrected chi connectivity index (χ1v) is 11.5. The summed E-state index contributed by atoms with van der Waals surface area (Å²) in [6.45, 7) is 3.49. The predicted molar refractivity (Wildman–Crippen MR) is 124 cm³/mol. The maximum absolute atomic E-state index is 14.2. The topological polar surface area (TPSA) is 67.9 Å². The maximum atomic E-state index is 14.2. The van der Waals surface area contributed by atoms with Crippen LogP contribution in [0, 0.1) is 6.92 Å². The molecule has 2 unspecified atom stereocenters. The van der Waals surface area contributed by atoms with Gasteiger partial charge < -0.3 is 10.1 Å². The number of nitrogens with one attached hydrogen (secondary N) is 1. The van der Waals surface area contributed by atoms with Crippen molar-refractivity contribution in [3.63, 3.8) is 0 Å². The number of benzene rings is 2. The summed E-state index contributed by atoms with van der Waals surface area (Å²) in [6.07, 6.45) is -3.77. The van der Waals surface area contributed by atoms with Crippen LogP contribution in [0.5, 0.6) is 0 Å². The normalized spacial score (nSPS) is 22.5. The summed E-state index contributed by atoms with van der Waals surface area (Å²) in [5.74, 6) is -0.822. The molecule has 0 bridgehead atoms. The second-order valence-electron chi connectivity index (χ2n) is 8.23. The van der Waals surface area contributed by atoms with Crippen molar-refractivity contribution in [1.82, 2.24) is 10.4 Å². The largest absolute Gasteiger partial charge is 0.425 e. The Morgan fingerprint density at radius 3 is 2.46 bits per heavy atom. The Morgan fingerprint density at radius 2 is 1.89 bits per heavy atom. The number of nitrogens with zero attached hydrogens (tertiary/aromatic N) is 1. The lowest BCUT2D eigenvalue weighted by atomic mass is 9.90. The molecule has 0 aromatic heterocycles. The van der Waals surface area contributed by atoms with E-state index in [4.69, 9.17) is 32.8 Å². The van der Waals surface area contributed by atoms with Gasteiger partial charge in [-0.2, -0.15) is 13.2 Å². The summed E-state index contributed by atoms with van der Waals surface area (Å²) >= 11 is 11.9. The third kappa shape index (κ3) is 4.78. The molecule has 2 heterocycles. The van der Waals surface area contributed by atoms with Crippen LogP contribution in [0.25, 0.3) is 5.57 Å². The molecule has 0 radical (unpaired) electrons. The highest BCUT2D eigenvalue weighted by atomic mass is 35.5. The van der Waals surface area contributed by atoms with E-state index in [9.17, 15) is 22.8 Å². The van der Waals surface area contributed by atoms with Crippen molar-refractivity contribution >= 4 is 40.6 Å². The Labute approximate surface area is 209 Å². The van der Waals surface area contributed by atoms with Crippen molar-refractivity contribution in [2.24, 2.45) is 0 Å². The number of carbonyl (C=O) groups excluding carboxylic acids is 2. The van der Waals surface area contributed by atoms with Crippen molar-refractivity contribution in [3.8, 4) is 0 Å². The summed E-state index contributed by atoms with van der Waals surface area (Å²) < 4.78 is 48.0. The Bertz CT molecular complexity index is 1200. The van der Waals surface area contributed by atoms with E-state index in [1.165, 1.54) is 29.3 Å². The van der Waals surface area contributed by atoms with Gasteiger partial charge in [0.15, 0.2) is 0 Å². The zero-order valence-corrected chi connectivity index (χ0v) is 20.2. The molecule has 4 rings (SSSR count). The number of likely N-dealkylation sites (N-methyl/N-ethyl adjacent to an activating group) is 1. The fourth-order valence-electron chi connectivity index (χ4n) is 4.13. The van der Waals surface area contributed by atoms with Crippen LogP contribution in [0.2, 0.25) is 10.0 Å². The predicted octanol–water partition coefficient (Wildman–Crippen LogP) is 5.07. The lowest BCUT2D eigenvalue weighted by Crippen LogP contribution is -2.42. The van der Waals surface area contributed by atoms with Crippen LogP contribution in [-0.4, -0.2) is 48.9 Å². The average Bonchev–Trinajstić information content (AvgIpc) is 3.38. The molecule has 2 aliphatic rings. The van der Waals surface area contributed by atoms with Crippen LogP contribution < -0.4 is 5.32 Å². The molecule has 0 spiro atoms. The average molecular weight is 529 g/mol. The Hall–Kier alpha value is -2.59.